The highest BCUT2D eigenvalue weighted by atomic mass is 16.2. The van der Waals surface area contributed by atoms with Crippen molar-refractivity contribution in [3.8, 4) is 0 Å². The third-order valence-corrected chi connectivity index (χ3v) is 4.42. The summed E-state index contributed by atoms with van der Waals surface area (Å²) in [5.41, 5.74) is 0.393. The van der Waals surface area contributed by atoms with Crippen LogP contribution >= 0.6 is 0 Å². The topological polar surface area (TPSA) is 37.4 Å². The van der Waals surface area contributed by atoms with Crippen LogP contribution in [0.1, 0.15) is 39.2 Å². The summed E-state index contributed by atoms with van der Waals surface area (Å²) in [6, 6.07) is 9.78. The summed E-state index contributed by atoms with van der Waals surface area (Å²) >= 11 is 0. The summed E-state index contributed by atoms with van der Waals surface area (Å²) in [4.78, 5) is 26.8. The van der Waals surface area contributed by atoms with Crippen molar-refractivity contribution in [3.05, 3.63) is 35.9 Å². The Hall–Kier alpha value is -1.64. The van der Waals surface area contributed by atoms with Gasteiger partial charge in [0.1, 0.15) is 5.78 Å². The molecule has 1 aromatic rings. The molecule has 0 radical (unpaired) electrons. The van der Waals surface area contributed by atoms with E-state index in [2.05, 4.69) is 0 Å². The zero-order chi connectivity index (χ0) is 14.8. The van der Waals surface area contributed by atoms with Crippen LogP contribution in [-0.4, -0.2) is 29.7 Å². The first-order valence-corrected chi connectivity index (χ1v) is 7.49. The van der Waals surface area contributed by atoms with E-state index in [4.69, 9.17) is 0 Å². The number of amides is 1. The van der Waals surface area contributed by atoms with Gasteiger partial charge in [0.05, 0.1) is 5.41 Å². The highest BCUT2D eigenvalue weighted by Crippen LogP contribution is 2.56. The van der Waals surface area contributed by atoms with Gasteiger partial charge >= 0.3 is 0 Å². The second kappa shape index (κ2) is 5.78. The highest BCUT2D eigenvalue weighted by Gasteiger charge is 2.64. The molecule has 0 saturated heterocycles. The van der Waals surface area contributed by atoms with E-state index in [1.807, 2.05) is 56.0 Å². The Bertz CT molecular complexity index is 493. The number of ketones is 1. The van der Waals surface area contributed by atoms with Gasteiger partial charge in [-0.05, 0) is 25.8 Å². The summed E-state index contributed by atoms with van der Waals surface area (Å²) in [6.45, 7) is 7.23. The van der Waals surface area contributed by atoms with Gasteiger partial charge < -0.3 is 4.90 Å². The molecule has 0 spiro atoms. The molecule has 0 bridgehead atoms. The fraction of sp³-hybridized carbons (Fsp3) is 0.529. The zero-order valence-corrected chi connectivity index (χ0v) is 12.6. The fourth-order valence-electron chi connectivity index (χ4n) is 3.11. The SMILES string of the molecule is CCC(=O)[C@@H]1C[C@@]1(C(=O)N(CC)CC)c1ccccc1. The molecule has 3 nitrogen and oxygen atoms in total. The van der Waals surface area contributed by atoms with Crippen molar-refractivity contribution >= 4 is 11.7 Å². The van der Waals surface area contributed by atoms with E-state index in [1.165, 1.54) is 0 Å². The van der Waals surface area contributed by atoms with Crippen molar-refractivity contribution in [1.29, 1.82) is 0 Å². The number of nitrogens with zero attached hydrogens (tertiary/aromatic N) is 1. The average molecular weight is 273 g/mol. The van der Waals surface area contributed by atoms with E-state index in [-0.39, 0.29) is 17.6 Å². The first-order chi connectivity index (χ1) is 9.61. The van der Waals surface area contributed by atoms with Crippen LogP contribution in [-0.2, 0) is 15.0 Å². The Morgan fingerprint density at radius 1 is 1.15 bits per heavy atom. The van der Waals surface area contributed by atoms with Gasteiger partial charge in [0, 0.05) is 25.4 Å². The number of likely N-dealkylation sites (N-methyl/N-ethyl adjacent to an activating group) is 1. The van der Waals surface area contributed by atoms with Gasteiger partial charge in [-0.25, -0.2) is 0 Å². The normalized spacial score (nSPS) is 24.2. The van der Waals surface area contributed by atoms with E-state index in [9.17, 15) is 9.59 Å². The molecule has 1 aliphatic rings. The minimum Gasteiger partial charge on any atom is -0.342 e. The molecular formula is C17H23NO2. The zero-order valence-electron chi connectivity index (χ0n) is 12.6. The molecule has 2 atom stereocenters. The standard InChI is InChI=1S/C17H23NO2/c1-4-15(19)14-12-17(14,13-10-8-7-9-11-13)16(20)18(5-2)6-3/h7-11,14H,4-6,12H2,1-3H3/t14-,17+/m0/s1. The fourth-order valence-corrected chi connectivity index (χ4v) is 3.11. The number of Topliss-reactive ketones (excluding diaryl/α,β-unsaturated/α-hetero) is 1. The smallest absolute Gasteiger partial charge is 0.233 e. The first-order valence-electron chi connectivity index (χ1n) is 7.49. The summed E-state index contributed by atoms with van der Waals surface area (Å²) in [7, 11) is 0. The highest BCUT2D eigenvalue weighted by molar-refractivity contribution is 6.01. The number of rotatable bonds is 6. The van der Waals surface area contributed by atoms with Crippen molar-refractivity contribution < 1.29 is 9.59 Å². The Morgan fingerprint density at radius 3 is 2.25 bits per heavy atom. The molecular weight excluding hydrogens is 250 g/mol. The average Bonchev–Trinajstić information content (AvgIpc) is 3.25. The van der Waals surface area contributed by atoms with Gasteiger partial charge in [-0.2, -0.15) is 0 Å². The molecule has 0 aromatic heterocycles. The molecule has 1 aliphatic carbocycles. The Morgan fingerprint density at radius 2 is 1.75 bits per heavy atom. The van der Waals surface area contributed by atoms with E-state index in [1.54, 1.807) is 0 Å². The number of hydrogen-bond donors (Lipinski definition) is 0. The predicted molar refractivity (Wildman–Crippen MR) is 79.5 cm³/mol. The molecule has 0 heterocycles. The van der Waals surface area contributed by atoms with Gasteiger partial charge in [0.2, 0.25) is 5.91 Å². The lowest BCUT2D eigenvalue weighted by molar-refractivity contribution is -0.135. The van der Waals surface area contributed by atoms with E-state index < -0.39 is 5.41 Å². The van der Waals surface area contributed by atoms with Crippen LogP contribution in [0.25, 0.3) is 0 Å². The van der Waals surface area contributed by atoms with Crippen LogP contribution in [0.2, 0.25) is 0 Å². The molecule has 2 rings (SSSR count). The van der Waals surface area contributed by atoms with E-state index >= 15 is 0 Å². The van der Waals surface area contributed by atoms with E-state index in [0.29, 0.717) is 25.9 Å². The maximum absolute atomic E-state index is 12.9. The number of carbonyl (C=O) groups excluding carboxylic acids is 2. The number of hydrogen-bond acceptors (Lipinski definition) is 2. The molecule has 3 heteroatoms. The van der Waals surface area contributed by atoms with Crippen LogP contribution in [0, 0.1) is 5.92 Å². The predicted octanol–water partition coefficient (Wildman–Crippen LogP) is 2.79. The van der Waals surface area contributed by atoms with Crippen LogP contribution < -0.4 is 0 Å². The monoisotopic (exact) mass is 273 g/mol. The van der Waals surface area contributed by atoms with Gasteiger partial charge in [0.25, 0.3) is 0 Å². The lowest BCUT2D eigenvalue weighted by Crippen LogP contribution is -2.41. The van der Waals surface area contributed by atoms with Crippen molar-refractivity contribution in [3.63, 3.8) is 0 Å². The molecule has 0 unspecified atom stereocenters. The molecule has 1 aromatic carbocycles. The van der Waals surface area contributed by atoms with Gasteiger partial charge in [-0.1, -0.05) is 37.3 Å². The summed E-state index contributed by atoms with van der Waals surface area (Å²) < 4.78 is 0. The molecule has 1 fully saturated rings. The maximum atomic E-state index is 12.9. The summed E-state index contributed by atoms with van der Waals surface area (Å²) in [5.74, 6) is 0.179. The Balaban J connectivity index is 2.38. The Kier molecular flexibility index (Phi) is 4.26. The minimum absolute atomic E-state index is 0.112. The molecule has 0 aliphatic heterocycles. The van der Waals surface area contributed by atoms with Crippen LogP contribution in [0.15, 0.2) is 30.3 Å². The molecule has 1 saturated carbocycles. The number of carbonyl (C=O) groups is 2. The largest absolute Gasteiger partial charge is 0.342 e. The van der Waals surface area contributed by atoms with E-state index in [0.717, 1.165) is 5.56 Å². The van der Waals surface area contributed by atoms with Crippen LogP contribution in [0.4, 0.5) is 0 Å². The van der Waals surface area contributed by atoms with Crippen molar-refractivity contribution in [2.24, 2.45) is 5.92 Å². The quantitative estimate of drug-likeness (QED) is 0.799. The van der Waals surface area contributed by atoms with Crippen molar-refractivity contribution in [2.45, 2.75) is 39.0 Å². The first kappa shape index (κ1) is 14.8. The third kappa shape index (κ3) is 2.26. The maximum Gasteiger partial charge on any atom is 0.233 e. The molecule has 108 valence electrons. The van der Waals surface area contributed by atoms with Gasteiger partial charge in [0.15, 0.2) is 0 Å². The minimum atomic E-state index is -0.597. The molecule has 0 N–H and O–H groups in total. The summed E-state index contributed by atoms with van der Waals surface area (Å²) in [6.07, 6.45) is 1.17. The second-order valence-electron chi connectivity index (χ2n) is 5.39. The van der Waals surface area contributed by atoms with Gasteiger partial charge in [-0.3, -0.25) is 9.59 Å². The second-order valence-corrected chi connectivity index (χ2v) is 5.39. The van der Waals surface area contributed by atoms with Crippen molar-refractivity contribution in [1.82, 2.24) is 4.90 Å². The van der Waals surface area contributed by atoms with Crippen LogP contribution in [0.3, 0.4) is 0 Å². The summed E-state index contributed by atoms with van der Waals surface area (Å²) in [5, 5.41) is 0. The number of benzene rings is 1. The molecule has 20 heavy (non-hydrogen) atoms. The lowest BCUT2D eigenvalue weighted by atomic mass is 9.90. The Labute approximate surface area is 121 Å². The van der Waals surface area contributed by atoms with Crippen molar-refractivity contribution in [2.75, 3.05) is 13.1 Å². The van der Waals surface area contributed by atoms with Crippen LogP contribution in [0.5, 0.6) is 0 Å². The lowest BCUT2D eigenvalue weighted by Gasteiger charge is -2.26. The third-order valence-electron chi connectivity index (χ3n) is 4.42. The van der Waals surface area contributed by atoms with Gasteiger partial charge in [-0.15, -0.1) is 0 Å². The molecule has 1 amide bonds.